The van der Waals surface area contributed by atoms with E-state index in [9.17, 15) is 9.59 Å². The third-order valence-electron chi connectivity index (χ3n) is 4.09. The van der Waals surface area contributed by atoms with Crippen LogP contribution < -0.4 is 0 Å². The van der Waals surface area contributed by atoms with Crippen LogP contribution in [0.3, 0.4) is 0 Å². The molecule has 119 valence electrons. The molecule has 3 radical (unpaired) electrons. The number of aliphatic hydroxyl groups is 1. The third kappa shape index (κ3) is 3.78. The van der Waals surface area contributed by atoms with E-state index in [1.54, 1.807) is 19.1 Å². The molecule has 1 aromatic rings. The molecule has 1 heterocycles. The molecule has 0 aromatic heterocycles. The first-order valence-corrected chi connectivity index (χ1v) is 7.68. The Hall–Kier alpha value is -2.29. The van der Waals surface area contributed by atoms with E-state index < -0.39 is 0 Å². The van der Waals surface area contributed by atoms with Gasteiger partial charge in [-0.1, -0.05) is 0 Å². The van der Waals surface area contributed by atoms with Gasteiger partial charge in [0, 0.05) is 0 Å². The molecule has 0 saturated carbocycles. The van der Waals surface area contributed by atoms with Crippen LogP contribution in [0.1, 0.15) is 26.3 Å². The topological polar surface area (TPSA) is 23.5 Å². The normalized spacial score (nSPS) is 15.2. The van der Waals surface area contributed by atoms with Crippen molar-refractivity contribution >= 4 is 26.5 Å². The van der Waals surface area contributed by atoms with Crippen LogP contribution in [0.4, 0.5) is 4.48 Å². The predicted octanol–water partition coefficient (Wildman–Crippen LogP) is 3.79. The van der Waals surface area contributed by atoms with Crippen LogP contribution in [0, 0.1) is 0 Å². The fourth-order valence-electron chi connectivity index (χ4n) is 2.31. The number of benzene rings is 1. The summed E-state index contributed by atoms with van der Waals surface area (Å²) in [5, 5.41) is 10.9. The van der Waals surface area contributed by atoms with E-state index in [1.807, 2.05) is 44.2 Å². The second kappa shape index (κ2) is 7.52. The zero-order valence-corrected chi connectivity index (χ0v) is 14.2. The Balaban J connectivity index is 2.33. The molecule has 1 N–H and O–H groups in total. The van der Waals surface area contributed by atoms with E-state index in [-0.39, 0.29) is 23.2 Å². The molecule has 0 saturated heterocycles. The van der Waals surface area contributed by atoms with Crippen LogP contribution in [0.2, 0.25) is 0 Å². The van der Waals surface area contributed by atoms with E-state index in [4.69, 9.17) is 15.3 Å². The number of aliphatic hydroxyl groups excluding tert-OH is 1. The summed E-state index contributed by atoms with van der Waals surface area (Å²) >= 11 is 0. The quantitative estimate of drug-likeness (QED) is 0.395. The molecule has 2 nitrogen and oxygen atoms in total. The van der Waals surface area contributed by atoms with Gasteiger partial charge < -0.3 is 0 Å². The molecule has 24 heavy (non-hydrogen) atoms. The Morgan fingerprint density at radius 1 is 1.12 bits per heavy atom. The summed E-state index contributed by atoms with van der Waals surface area (Å²) < 4.78 is 14.4. The summed E-state index contributed by atoms with van der Waals surface area (Å²) in [6, 6.07) is 9.23. The predicted molar refractivity (Wildman–Crippen MR) is 101 cm³/mol. The molecular formula is C19H19B2FNO. The Bertz CT molecular complexity index is 772. The van der Waals surface area contributed by atoms with Crippen LogP contribution in [0.15, 0.2) is 70.4 Å². The van der Waals surface area contributed by atoms with Crippen LogP contribution in [0.25, 0.3) is 5.70 Å². The van der Waals surface area contributed by atoms with Gasteiger partial charge in [0.2, 0.25) is 0 Å². The first-order chi connectivity index (χ1) is 11.3. The van der Waals surface area contributed by atoms with Gasteiger partial charge in [-0.15, -0.1) is 0 Å². The van der Waals surface area contributed by atoms with Crippen molar-refractivity contribution in [2.75, 3.05) is 6.54 Å². The van der Waals surface area contributed by atoms with Crippen LogP contribution in [-0.2, 0) is 0 Å². The van der Waals surface area contributed by atoms with E-state index in [0.717, 1.165) is 16.7 Å². The van der Waals surface area contributed by atoms with Crippen molar-refractivity contribution in [1.29, 1.82) is 0 Å². The molecule has 2 rings (SSSR count). The molecule has 1 aliphatic rings. The van der Waals surface area contributed by atoms with Gasteiger partial charge in [0.15, 0.2) is 0 Å². The Labute approximate surface area is 145 Å². The van der Waals surface area contributed by atoms with E-state index in [0.29, 0.717) is 16.4 Å². The zero-order chi connectivity index (χ0) is 17.9. The maximum atomic E-state index is 14.4. The van der Waals surface area contributed by atoms with Crippen molar-refractivity contribution in [3.05, 3.63) is 76.0 Å². The third-order valence-corrected chi connectivity index (χ3v) is 4.09. The van der Waals surface area contributed by atoms with Crippen LogP contribution in [0.5, 0.6) is 0 Å². The monoisotopic (exact) mass is 318 g/mol. The number of allylic oxidation sites excluding steroid dienone is 6. The first-order valence-electron chi connectivity index (χ1n) is 7.68. The zero-order valence-electron chi connectivity index (χ0n) is 14.2. The Morgan fingerprint density at radius 3 is 2.29 bits per heavy atom. The summed E-state index contributed by atoms with van der Waals surface area (Å²) in [6.07, 6.45) is 3.34. The average Bonchev–Trinajstić information content (AvgIpc) is 2.59. The van der Waals surface area contributed by atoms with Gasteiger partial charge in [0.1, 0.15) is 0 Å². The fraction of sp³-hybridized carbons (Fsp3) is 0.211. The summed E-state index contributed by atoms with van der Waals surface area (Å²) in [5.74, 6) is -0.218. The van der Waals surface area contributed by atoms with Gasteiger partial charge >= 0.3 is 145 Å². The Kier molecular flexibility index (Phi) is 5.66. The molecule has 1 aromatic carbocycles. The van der Waals surface area contributed by atoms with Crippen LogP contribution >= 0.6 is 0 Å². The maximum absolute atomic E-state index is 14.4. The number of rotatable bonds is 4. The first kappa shape index (κ1) is 18.1. The van der Waals surface area contributed by atoms with Gasteiger partial charge in [0.25, 0.3) is 0 Å². The minimum absolute atomic E-state index is 0.0578. The average molecular weight is 318 g/mol. The fourth-order valence-corrected chi connectivity index (χ4v) is 2.31. The summed E-state index contributed by atoms with van der Waals surface area (Å²) in [5.41, 5.74) is 3.71. The molecule has 0 unspecified atom stereocenters. The van der Waals surface area contributed by atoms with Gasteiger partial charge in [-0.25, -0.2) is 0 Å². The Morgan fingerprint density at radius 2 is 1.75 bits per heavy atom. The van der Waals surface area contributed by atoms with Gasteiger partial charge in [-0.05, 0) is 0 Å². The minimum atomic E-state index is -0.218. The van der Waals surface area contributed by atoms with Gasteiger partial charge in [-0.2, -0.15) is 0 Å². The van der Waals surface area contributed by atoms with Gasteiger partial charge in [-0.3, -0.25) is 0 Å². The van der Waals surface area contributed by atoms with Crippen molar-refractivity contribution < 1.29 is 9.59 Å². The number of hydrogen-bond acceptors (Lipinski definition) is 2. The molecule has 0 aliphatic carbocycles. The van der Waals surface area contributed by atoms with Crippen molar-refractivity contribution in [3.63, 3.8) is 0 Å². The van der Waals surface area contributed by atoms with Crippen LogP contribution in [-0.4, -0.2) is 37.6 Å². The molecule has 0 bridgehead atoms. The van der Waals surface area contributed by atoms with Crippen molar-refractivity contribution in [2.45, 2.75) is 20.8 Å². The summed E-state index contributed by atoms with van der Waals surface area (Å²) in [6.45, 7) is 5.53. The van der Waals surface area contributed by atoms with Gasteiger partial charge in [0.05, 0.1) is 0 Å². The molecular weight excluding hydrogens is 299 g/mol. The van der Waals surface area contributed by atoms with E-state index in [1.165, 1.54) is 0 Å². The second-order valence-corrected chi connectivity index (χ2v) is 5.93. The number of hydrogen-bond donors (Lipinski definition) is 1. The number of halogens is 1. The summed E-state index contributed by atoms with van der Waals surface area (Å²) in [7, 11) is 11.9. The van der Waals surface area contributed by atoms with Crippen molar-refractivity contribution in [1.82, 2.24) is 5.12 Å². The van der Waals surface area contributed by atoms with E-state index >= 15 is 0 Å². The van der Waals surface area contributed by atoms with Crippen molar-refractivity contribution in [3.8, 4) is 0 Å². The second-order valence-electron chi connectivity index (χ2n) is 5.93. The molecule has 5 heteroatoms. The molecule has 1 aliphatic heterocycles. The van der Waals surface area contributed by atoms with E-state index in [2.05, 4.69) is 0 Å². The molecule has 0 atom stereocenters. The SMILES string of the molecule is [B]/C(C(C)=C(C)C)=C(\O)C(=[B])C1=CC=C(c2ccccc2)N(F)C1. The molecule has 0 fully saturated rings. The van der Waals surface area contributed by atoms with Crippen molar-refractivity contribution in [2.24, 2.45) is 0 Å². The standard InChI is InChI=1S/C19H19B2FNO/c1-12(2)13(3)17(20)19(24)18(21)15-9-10-16(23(22)11-15)14-7-5-4-6-8-14/h4-10,24H,11H2,1-3H3/b19-17-. The molecule has 0 amide bonds. The molecule has 0 spiro atoms. The summed E-state index contributed by atoms with van der Waals surface area (Å²) in [4.78, 5) is 0. The number of nitrogens with zero attached hydrogens (tertiary/aromatic N) is 1.